The number of alkyl halides is 4. The second-order valence-electron chi connectivity index (χ2n) is 9.24. The van der Waals surface area contributed by atoms with E-state index >= 15 is 0 Å². The summed E-state index contributed by atoms with van der Waals surface area (Å²) < 4.78 is 70.3. The molecule has 0 aromatic heterocycles. The Morgan fingerprint density at radius 1 is 0.719 bits per heavy atom. The quantitative estimate of drug-likeness (QED) is 0.149. The van der Waals surface area contributed by atoms with Crippen molar-refractivity contribution in [3.8, 4) is 0 Å². The Bertz CT molecular complexity index is 484. The van der Waals surface area contributed by atoms with Gasteiger partial charge in [-0.25, -0.2) is 17.6 Å². The van der Waals surface area contributed by atoms with Gasteiger partial charge in [-0.3, -0.25) is 0 Å². The van der Waals surface area contributed by atoms with Crippen molar-refractivity contribution < 1.29 is 36.9 Å². The summed E-state index contributed by atoms with van der Waals surface area (Å²) in [5.74, 6) is -5.97. The van der Waals surface area contributed by atoms with Gasteiger partial charge in [0.25, 0.3) is 11.8 Å². The molecule has 5 N–H and O–H groups in total. The molecule has 11 heteroatoms. The Hall–Kier alpha value is -0.560. The molecule has 32 heavy (non-hydrogen) atoms. The van der Waals surface area contributed by atoms with Crippen LogP contribution >= 0.6 is 0 Å². The van der Waals surface area contributed by atoms with E-state index in [0.717, 1.165) is 0 Å². The van der Waals surface area contributed by atoms with Crippen LogP contribution in [0.4, 0.5) is 17.6 Å². The number of nitrogens with one attached hydrogen (secondary N) is 2. The second-order valence-corrected chi connectivity index (χ2v) is 9.24. The van der Waals surface area contributed by atoms with E-state index in [1.165, 1.54) is 0 Å². The van der Waals surface area contributed by atoms with Crippen LogP contribution in [0.1, 0.15) is 47.0 Å². The molecule has 0 fully saturated rings. The molecule has 194 valence electrons. The topological polar surface area (TPSA) is 98.0 Å². The number of rotatable bonds is 21. The maximum absolute atomic E-state index is 14.0. The molecule has 0 aliphatic heterocycles. The van der Waals surface area contributed by atoms with Crippen molar-refractivity contribution >= 4 is 0 Å². The lowest BCUT2D eigenvalue weighted by Crippen LogP contribution is -2.49. The van der Waals surface area contributed by atoms with Gasteiger partial charge >= 0.3 is 0 Å². The molecule has 0 radical (unpaired) electrons. The van der Waals surface area contributed by atoms with Crippen molar-refractivity contribution in [1.29, 1.82) is 0 Å². The van der Waals surface area contributed by atoms with Crippen molar-refractivity contribution in [2.24, 2.45) is 5.73 Å². The van der Waals surface area contributed by atoms with Gasteiger partial charge in [0.2, 0.25) is 0 Å². The van der Waals surface area contributed by atoms with E-state index in [9.17, 15) is 17.6 Å². The summed E-state index contributed by atoms with van der Waals surface area (Å²) in [6.07, 6.45) is 0.807. The van der Waals surface area contributed by atoms with Gasteiger partial charge in [0, 0.05) is 30.6 Å². The first-order chi connectivity index (χ1) is 14.7. The summed E-state index contributed by atoms with van der Waals surface area (Å²) in [5.41, 5.74) is 4.21. The third kappa shape index (κ3) is 17.9. The average molecular weight is 478 g/mol. The minimum Gasteiger partial charge on any atom is -0.394 e. The van der Waals surface area contributed by atoms with Crippen LogP contribution in [-0.2, 0) is 14.2 Å². The summed E-state index contributed by atoms with van der Waals surface area (Å²) in [4.78, 5) is 0. The molecule has 0 bridgehead atoms. The van der Waals surface area contributed by atoms with E-state index in [1.54, 1.807) is 0 Å². The number of aliphatic hydroxyl groups is 1. The average Bonchev–Trinajstić information content (AvgIpc) is 2.68. The van der Waals surface area contributed by atoms with E-state index in [4.69, 9.17) is 25.1 Å². The molecule has 0 rings (SSSR count). The molecule has 0 atom stereocenters. The summed E-state index contributed by atoms with van der Waals surface area (Å²) in [6.45, 7) is 6.11. The van der Waals surface area contributed by atoms with Crippen LogP contribution in [0.3, 0.4) is 0 Å². The Labute approximate surface area is 189 Å². The maximum atomic E-state index is 14.0. The highest BCUT2D eigenvalue weighted by Gasteiger charge is 2.33. The highest BCUT2D eigenvalue weighted by atomic mass is 19.3. The van der Waals surface area contributed by atoms with E-state index in [2.05, 4.69) is 10.6 Å². The molecule has 0 unspecified atom stereocenters. The molecule has 7 nitrogen and oxygen atoms in total. The van der Waals surface area contributed by atoms with Crippen LogP contribution in [0, 0.1) is 0 Å². The second kappa shape index (κ2) is 15.4. The van der Waals surface area contributed by atoms with Crippen molar-refractivity contribution in [3.05, 3.63) is 0 Å². The zero-order valence-electron chi connectivity index (χ0n) is 20.0. The molecule has 0 aliphatic carbocycles. The lowest BCUT2D eigenvalue weighted by molar-refractivity contribution is -0.0869. The molecule has 0 saturated heterocycles. The van der Waals surface area contributed by atoms with Gasteiger partial charge in [-0.15, -0.1) is 0 Å². The number of aliphatic hydroxyl groups excluding tert-OH is 1. The predicted molar refractivity (Wildman–Crippen MR) is 117 cm³/mol. The van der Waals surface area contributed by atoms with Gasteiger partial charge < -0.3 is 35.7 Å². The van der Waals surface area contributed by atoms with E-state index < -0.39 is 42.7 Å². The fraction of sp³-hybridized carbons (Fsp3) is 1.00. The van der Waals surface area contributed by atoms with Gasteiger partial charge in [-0.05, 0) is 40.5 Å². The largest absolute Gasteiger partial charge is 0.394 e. The van der Waals surface area contributed by atoms with Crippen LogP contribution in [0.2, 0.25) is 0 Å². The Kier molecular flexibility index (Phi) is 15.1. The zero-order valence-corrected chi connectivity index (χ0v) is 20.0. The number of ether oxygens (including phenoxy) is 3. The molecular weight excluding hydrogens is 434 g/mol. The van der Waals surface area contributed by atoms with Crippen LogP contribution in [0.15, 0.2) is 0 Å². The SMILES string of the molecule is CC(C)(CCC(C)(C)NCC(F)(F)COCCOCCO)NCCC(F)(F)COCCN. The monoisotopic (exact) mass is 477 g/mol. The van der Waals surface area contributed by atoms with Crippen molar-refractivity contribution in [2.75, 3.05) is 65.9 Å². The van der Waals surface area contributed by atoms with E-state index in [1.807, 2.05) is 27.7 Å². The molecule has 0 aromatic rings. The molecule has 0 amide bonds. The standard InChI is InChI=1S/C21H43F4N3O4/c1-18(2,27-9-7-20(22,23)16-31-11-8-26)5-6-19(3,4)28-15-21(24,25)17-32-14-13-30-12-10-29/h27-29H,5-17,26H2,1-4H3. The molecule has 0 saturated carbocycles. The van der Waals surface area contributed by atoms with E-state index in [0.29, 0.717) is 12.8 Å². The number of nitrogens with two attached hydrogens (primary N) is 1. The smallest absolute Gasteiger partial charge is 0.283 e. The van der Waals surface area contributed by atoms with Gasteiger partial charge in [-0.2, -0.15) is 0 Å². The third-order valence-corrected chi connectivity index (χ3v) is 4.79. The van der Waals surface area contributed by atoms with Gasteiger partial charge in [0.15, 0.2) is 0 Å². The van der Waals surface area contributed by atoms with Crippen LogP contribution in [-0.4, -0.2) is 93.9 Å². The predicted octanol–water partition coefficient (Wildman–Crippen LogP) is 2.16. The van der Waals surface area contributed by atoms with Crippen LogP contribution in [0.5, 0.6) is 0 Å². The van der Waals surface area contributed by atoms with Gasteiger partial charge in [-0.1, -0.05) is 0 Å². The Morgan fingerprint density at radius 2 is 1.25 bits per heavy atom. The number of halogens is 4. The van der Waals surface area contributed by atoms with Gasteiger partial charge in [0.1, 0.15) is 13.2 Å². The van der Waals surface area contributed by atoms with Crippen molar-refractivity contribution in [2.45, 2.75) is 69.9 Å². The Balaban J connectivity index is 4.22. The zero-order chi connectivity index (χ0) is 24.7. The summed E-state index contributed by atoms with van der Waals surface area (Å²) in [5, 5.41) is 14.6. The highest BCUT2D eigenvalue weighted by molar-refractivity contribution is 4.87. The lowest BCUT2D eigenvalue weighted by atomic mass is 9.89. The fourth-order valence-corrected chi connectivity index (χ4v) is 2.69. The Morgan fingerprint density at radius 3 is 1.84 bits per heavy atom. The number of hydrogen-bond acceptors (Lipinski definition) is 7. The van der Waals surface area contributed by atoms with Crippen LogP contribution < -0.4 is 16.4 Å². The molecule has 0 spiro atoms. The first-order valence-electron chi connectivity index (χ1n) is 11.0. The molecule has 0 aromatic carbocycles. The van der Waals surface area contributed by atoms with Crippen LogP contribution in [0.25, 0.3) is 0 Å². The summed E-state index contributed by atoms with van der Waals surface area (Å²) >= 11 is 0. The van der Waals surface area contributed by atoms with Gasteiger partial charge in [0.05, 0.1) is 39.6 Å². The third-order valence-electron chi connectivity index (χ3n) is 4.79. The molecule has 0 aliphatic rings. The normalized spacial score (nSPS) is 13.7. The fourth-order valence-electron chi connectivity index (χ4n) is 2.69. The minimum atomic E-state index is -3.04. The minimum absolute atomic E-state index is 0.0248. The summed E-state index contributed by atoms with van der Waals surface area (Å²) in [7, 11) is 0. The highest BCUT2D eigenvalue weighted by Crippen LogP contribution is 2.23. The number of hydrogen-bond donors (Lipinski definition) is 4. The molecular formula is C21H43F4N3O4. The first kappa shape index (κ1) is 31.4. The van der Waals surface area contributed by atoms with Crippen molar-refractivity contribution in [3.63, 3.8) is 0 Å². The van der Waals surface area contributed by atoms with E-state index in [-0.39, 0.29) is 52.5 Å². The first-order valence-corrected chi connectivity index (χ1v) is 11.0. The maximum Gasteiger partial charge on any atom is 0.283 e. The van der Waals surface area contributed by atoms with Crippen molar-refractivity contribution in [1.82, 2.24) is 10.6 Å². The molecule has 0 heterocycles. The summed E-state index contributed by atoms with van der Waals surface area (Å²) in [6, 6.07) is 0. The lowest BCUT2D eigenvalue weighted by Gasteiger charge is -2.34.